The van der Waals surface area contributed by atoms with Crippen molar-refractivity contribution < 1.29 is 4.39 Å². The second-order valence-corrected chi connectivity index (χ2v) is 5.23. The fraction of sp³-hybridized carbons (Fsp3) is 0.385. The lowest BCUT2D eigenvalue weighted by atomic mass is 10.1. The van der Waals surface area contributed by atoms with E-state index in [1.165, 1.54) is 18.9 Å². The predicted molar refractivity (Wildman–Crippen MR) is 68.8 cm³/mol. The van der Waals surface area contributed by atoms with Crippen molar-refractivity contribution in [2.24, 2.45) is 0 Å². The van der Waals surface area contributed by atoms with Crippen LogP contribution in [0.1, 0.15) is 25.3 Å². The van der Waals surface area contributed by atoms with Gasteiger partial charge >= 0.3 is 0 Å². The van der Waals surface area contributed by atoms with Gasteiger partial charge in [-0.15, -0.1) is 0 Å². The third kappa shape index (κ3) is 3.42. The number of benzene rings is 1. The number of halogens is 2. The first-order valence-corrected chi connectivity index (χ1v) is 6.30. The molecule has 0 radical (unpaired) electrons. The Morgan fingerprint density at radius 2 is 2.31 bits per heavy atom. The van der Waals surface area contributed by atoms with Crippen LogP contribution < -0.4 is 5.32 Å². The maximum absolute atomic E-state index is 13.5. The number of rotatable bonds is 4. The standard InChI is InChI=1S/C13H15BrFN/c1-9(8-16-12-4-5-12)6-10-2-3-11(14)7-13(10)15/h2-3,6-7,12,16H,4-5,8H2,1H3. The van der Waals surface area contributed by atoms with E-state index in [1.54, 1.807) is 6.07 Å². The molecule has 0 unspecified atom stereocenters. The van der Waals surface area contributed by atoms with Gasteiger partial charge in [-0.25, -0.2) is 4.39 Å². The Balaban J connectivity index is 2.01. The molecule has 1 nitrogen and oxygen atoms in total. The summed E-state index contributed by atoms with van der Waals surface area (Å²) in [7, 11) is 0. The van der Waals surface area contributed by atoms with Crippen molar-refractivity contribution in [3.63, 3.8) is 0 Å². The summed E-state index contributed by atoms with van der Waals surface area (Å²) >= 11 is 3.25. The van der Waals surface area contributed by atoms with Crippen LogP contribution in [-0.4, -0.2) is 12.6 Å². The topological polar surface area (TPSA) is 12.0 Å². The third-order valence-corrected chi connectivity index (χ3v) is 3.10. The number of nitrogens with one attached hydrogen (secondary N) is 1. The monoisotopic (exact) mass is 283 g/mol. The molecule has 1 N–H and O–H groups in total. The molecule has 0 amide bonds. The SMILES string of the molecule is CC(=Cc1ccc(Br)cc1F)CNC1CC1. The molecule has 1 saturated carbocycles. The van der Waals surface area contributed by atoms with E-state index in [2.05, 4.69) is 21.2 Å². The maximum atomic E-state index is 13.5. The van der Waals surface area contributed by atoms with Gasteiger partial charge < -0.3 is 5.32 Å². The van der Waals surface area contributed by atoms with Crippen LogP contribution in [0.4, 0.5) is 4.39 Å². The smallest absolute Gasteiger partial charge is 0.131 e. The van der Waals surface area contributed by atoms with E-state index < -0.39 is 0 Å². The Kier molecular flexibility index (Phi) is 3.77. The van der Waals surface area contributed by atoms with Gasteiger partial charge in [-0.1, -0.05) is 33.6 Å². The zero-order chi connectivity index (χ0) is 11.5. The second-order valence-electron chi connectivity index (χ2n) is 4.31. The van der Waals surface area contributed by atoms with Gasteiger partial charge in [0.15, 0.2) is 0 Å². The molecular formula is C13H15BrFN. The molecule has 0 saturated heterocycles. The molecule has 0 aliphatic heterocycles. The quantitative estimate of drug-likeness (QED) is 0.888. The Morgan fingerprint density at radius 3 is 2.94 bits per heavy atom. The van der Waals surface area contributed by atoms with Gasteiger partial charge in [0.25, 0.3) is 0 Å². The molecule has 1 fully saturated rings. The average Bonchev–Trinajstić information content (AvgIpc) is 3.03. The molecule has 1 aliphatic carbocycles. The number of hydrogen-bond donors (Lipinski definition) is 1. The summed E-state index contributed by atoms with van der Waals surface area (Å²) in [5, 5.41) is 3.41. The molecule has 86 valence electrons. The fourth-order valence-corrected chi connectivity index (χ4v) is 1.86. The van der Waals surface area contributed by atoms with Crippen molar-refractivity contribution in [1.82, 2.24) is 5.32 Å². The molecule has 3 heteroatoms. The summed E-state index contributed by atoms with van der Waals surface area (Å²) in [4.78, 5) is 0. The highest BCUT2D eigenvalue weighted by Crippen LogP contribution is 2.20. The van der Waals surface area contributed by atoms with Crippen molar-refractivity contribution in [3.8, 4) is 0 Å². The molecule has 1 aliphatic rings. The maximum Gasteiger partial charge on any atom is 0.131 e. The van der Waals surface area contributed by atoms with Crippen LogP contribution in [0.25, 0.3) is 6.08 Å². The second kappa shape index (κ2) is 5.11. The van der Waals surface area contributed by atoms with Gasteiger partial charge in [0.2, 0.25) is 0 Å². The lowest BCUT2D eigenvalue weighted by molar-refractivity contribution is 0.624. The van der Waals surface area contributed by atoms with Crippen LogP contribution in [0.5, 0.6) is 0 Å². The Labute approximate surface area is 104 Å². The molecule has 1 aromatic carbocycles. The highest BCUT2D eigenvalue weighted by atomic mass is 79.9. The Hall–Kier alpha value is -0.670. The minimum absolute atomic E-state index is 0.180. The minimum atomic E-state index is -0.180. The van der Waals surface area contributed by atoms with E-state index in [0.717, 1.165) is 16.6 Å². The van der Waals surface area contributed by atoms with E-state index in [1.807, 2.05) is 19.1 Å². The Morgan fingerprint density at radius 1 is 1.56 bits per heavy atom. The van der Waals surface area contributed by atoms with Crippen LogP contribution in [0.3, 0.4) is 0 Å². The van der Waals surface area contributed by atoms with Crippen LogP contribution in [0.15, 0.2) is 28.2 Å². The van der Waals surface area contributed by atoms with Crippen molar-refractivity contribution in [3.05, 3.63) is 39.6 Å². The molecule has 0 atom stereocenters. The molecule has 0 spiro atoms. The zero-order valence-corrected chi connectivity index (χ0v) is 10.8. The van der Waals surface area contributed by atoms with Crippen LogP contribution in [0, 0.1) is 5.82 Å². The lowest BCUT2D eigenvalue weighted by Crippen LogP contribution is -2.18. The first kappa shape index (κ1) is 11.8. The van der Waals surface area contributed by atoms with Gasteiger partial charge in [-0.3, -0.25) is 0 Å². The van der Waals surface area contributed by atoms with Gasteiger partial charge in [0.1, 0.15) is 5.82 Å². The average molecular weight is 284 g/mol. The van der Waals surface area contributed by atoms with E-state index in [9.17, 15) is 4.39 Å². The first-order valence-electron chi connectivity index (χ1n) is 5.51. The van der Waals surface area contributed by atoms with Crippen molar-refractivity contribution >= 4 is 22.0 Å². The lowest BCUT2D eigenvalue weighted by Gasteiger charge is -2.04. The van der Waals surface area contributed by atoms with E-state index in [-0.39, 0.29) is 5.82 Å². The molecule has 0 bridgehead atoms. The number of hydrogen-bond acceptors (Lipinski definition) is 1. The molecule has 0 aromatic heterocycles. The van der Waals surface area contributed by atoms with Gasteiger partial charge in [-0.2, -0.15) is 0 Å². The summed E-state index contributed by atoms with van der Waals surface area (Å²) in [6.45, 7) is 2.87. The summed E-state index contributed by atoms with van der Waals surface area (Å²) < 4.78 is 14.3. The first-order chi connectivity index (χ1) is 7.65. The normalized spacial score (nSPS) is 16.6. The largest absolute Gasteiger partial charge is 0.310 e. The van der Waals surface area contributed by atoms with Crippen LogP contribution >= 0.6 is 15.9 Å². The summed E-state index contributed by atoms with van der Waals surface area (Å²) in [5.41, 5.74) is 1.81. The third-order valence-electron chi connectivity index (χ3n) is 2.61. The summed E-state index contributed by atoms with van der Waals surface area (Å²) in [5.74, 6) is -0.180. The van der Waals surface area contributed by atoms with Gasteiger partial charge in [0.05, 0.1) is 0 Å². The summed E-state index contributed by atoms with van der Waals surface area (Å²) in [6.07, 6.45) is 4.46. The minimum Gasteiger partial charge on any atom is -0.310 e. The predicted octanol–water partition coefficient (Wildman–Crippen LogP) is 3.74. The molecule has 2 rings (SSSR count). The zero-order valence-electron chi connectivity index (χ0n) is 9.26. The van der Waals surface area contributed by atoms with Crippen molar-refractivity contribution in [1.29, 1.82) is 0 Å². The molecule has 16 heavy (non-hydrogen) atoms. The van der Waals surface area contributed by atoms with Crippen molar-refractivity contribution in [2.45, 2.75) is 25.8 Å². The van der Waals surface area contributed by atoms with Crippen molar-refractivity contribution in [2.75, 3.05) is 6.54 Å². The Bertz CT molecular complexity index is 410. The molecular weight excluding hydrogens is 269 g/mol. The van der Waals surface area contributed by atoms with E-state index in [0.29, 0.717) is 11.6 Å². The molecule has 1 aromatic rings. The van der Waals surface area contributed by atoms with Gasteiger partial charge in [0, 0.05) is 22.6 Å². The summed E-state index contributed by atoms with van der Waals surface area (Å²) in [6, 6.07) is 5.84. The highest BCUT2D eigenvalue weighted by Gasteiger charge is 2.19. The highest BCUT2D eigenvalue weighted by molar-refractivity contribution is 9.10. The van der Waals surface area contributed by atoms with E-state index in [4.69, 9.17) is 0 Å². The van der Waals surface area contributed by atoms with Crippen LogP contribution in [-0.2, 0) is 0 Å². The van der Waals surface area contributed by atoms with Gasteiger partial charge in [-0.05, 0) is 31.9 Å². The fourth-order valence-electron chi connectivity index (χ4n) is 1.53. The van der Waals surface area contributed by atoms with E-state index >= 15 is 0 Å². The van der Waals surface area contributed by atoms with Crippen LogP contribution in [0.2, 0.25) is 0 Å². The molecule has 0 heterocycles.